The van der Waals surface area contributed by atoms with Crippen LogP contribution in [0.3, 0.4) is 0 Å². The van der Waals surface area contributed by atoms with Crippen molar-refractivity contribution in [1.82, 2.24) is 0 Å². The summed E-state index contributed by atoms with van der Waals surface area (Å²) in [5.74, 6) is 2.16. The van der Waals surface area contributed by atoms with Gasteiger partial charge in [0.2, 0.25) is 0 Å². The van der Waals surface area contributed by atoms with Crippen LogP contribution in [-0.4, -0.2) is 11.9 Å². The van der Waals surface area contributed by atoms with Gasteiger partial charge in [0.15, 0.2) is 11.5 Å². The van der Waals surface area contributed by atoms with Crippen molar-refractivity contribution in [2.24, 2.45) is 11.8 Å². The fraction of sp³-hybridized carbons (Fsp3) is 0.500. The molecule has 0 N–H and O–H groups in total. The number of esters is 2. The lowest BCUT2D eigenvalue weighted by Gasteiger charge is -2.13. The number of para-hydroxylation sites is 1. The maximum atomic E-state index is 12.4. The van der Waals surface area contributed by atoms with Crippen molar-refractivity contribution < 1.29 is 23.8 Å². The molecule has 5 heteroatoms. The van der Waals surface area contributed by atoms with Crippen LogP contribution in [0.15, 0.2) is 48.5 Å². The Balaban J connectivity index is 2.04. The highest BCUT2D eigenvalue weighted by atomic mass is 16.6. The van der Waals surface area contributed by atoms with Gasteiger partial charge in [-0.3, -0.25) is 9.59 Å². The highest BCUT2D eigenvalue weighted by molar-refractivity contribution is 5.76. The molecule has 180 valence electrons. The van der Waals surface area contributed by atoms with Crippen molar-refractivity contribution in [2.45, 2.75) is 79.1 Å². The molecule has 2 aromatic carbocycles. The van der Waals surface area contributed by atoms with Gasteiger partial charge >= 0.3 is 11.9 Å². The molecular formula is C28H38O5. The number of carbonyl (C=O) groups excluding carboxylic acids is 2. The van der Waals surface area contributed by atoms with Gasteiger partial charge in [0, 0.05) is 18.9 Å². The number of ether oxygens (including phenoxy) is 3. The number of carbonyl (C=O) groups is 2. The molecular weight excluding hydrogens is 416 g/mol. The van der Waals surface area contributed by atoms with Gasteiger partial charge in [0.05, 0.1) is 0 Å². The molecule has 5 nitrogen and oxygen atoms in total. The van der Waals surface area contributed by atoms with Crippen molar-refractivity contribution in [1.29, 1.82) is 0 Å². The molecule has 0 aliphatic heterocycles. The second kappa shape index (κ2) is 14.4. The Hall–Kier alpha value is -2.82. The fourth-order valence-corrected chi connectivity index (χ4v) is 3.33. The number of benzene rings is 2. The van der Waals surface area contributed by atoms with E-state index in [2.05, 4.69) is 27.7 Å². The third kappa shape index (κ3) is 11.0. The van der Waals surface area contributed by atoms with E-state index in [0.717, 1.165) is 38.5 Å². The van der Waals surface area contributed by atoms with Crippen LogP contribution >= 0.6 is 0 Å². The summed E-state index contributed by atoms with van der Waals surface area (Å²) in [6, 6.07) is 14.3. The Morgan fingerprint density at radius 2 is 1.21 bits per heavy atom. The minimum absolute atomic E-state index is 0.202. The van der Waals surface area contributed by atoms with Crippen LogP contribution in [0.4, 0.5) is 0 Å². The minimum atomic E-state index is -0.343. The molecule has 2 aromatic rings. The summed E-state index contributed by atoms with van der Waals surface area (Å²) in [6.45, 7) is 8.67. The van der Waals surface area contributed by atoms with Gasteiger partial charge in [-0.05, 0) is 48.9 Å². The molecule has 0 aliphatic rings. The van der Waals surface area contributed by atoms with Crippen LogP contribution in [0.2, 0.25) is 0 Å². The van der Waals surface area contributed by atoms with Gasteiger partial charge in [-0.25, -0.2) is 0 Å². The molecule has 0 saturated heterocycles. The second-order valence-corrected chi connectivity index (χ2v) is 9.25. The Morgan fingerprint density at radius 3 is 1.76 bits per heavy atom. The summed E-state index contributed by atoms with van der Waals surface area (Å²) >= 11 is 0. The molecule has 0 atom stereocenters. The molecule has 0 radical (unpaired) electrons. The number of hydrogen-bond donors (Lipinski definition) is 0. The van der Waals surface area contributed by atoms with Crippen LogP contribution in [-0.2, 0) is 9.59 Å². The summed E-state index contributed by atoms with van der Waals surface area (Å²) in [5, 5.41) is 0. The SMILES string of the molecule is CC(C)CCCCC(=O)Oc1ccc(Oc2ccccc2)cc1OC(=O)CCCCC(C)C. The first-order valence-corrected chi connectivity index (χ1v) is 12.1. The summed E-state index contributed by atoms with van der Waals surface area (Å²) in [6.07, 6.45) is 6.30. The molecule has 0 bridgehead atoms. The van der Waals surface area contributed by atoms with Gasteiger partial charge in [-0.15, -0.1) is 0 Å². The second-order valence-electron chi connectivity index (χ2n) is 9.25. The zero-order chi connectivity index (χ0) is 24.1. The Morgan fingerprint density at radius 1 is 0.667 bits per heavy atom. The van der Waals surface area contributed by atoms with E-state index in [9.17, 15) is 9.59 Å². The topological polar surface area (TPSA) is 61.8 Å². The third-order valence-electron chi connectivity index (χ3n) is 5.17. The van der Waals surface area contributed by atoms with Crippen molar-refractivity contribution in [2.75, 3.05) is 0 Å². The van der Waals surface area contributed by atoms with Gasteiger partial charge in [-0.2, -0.15) is 0 Å². The number of rotatable bonds is 14. The summed E-state index contributed by atoms with van der Waals surface area (Å²) < 4.78 is 17.0. The molecule has 0 heterocycles. The number of hydrogen-bond acceptors (Lipinski definition) is 5. The highest BCUT2D eigenvalue weighted by Gasteiger charge is 2.16. The van der Waals surface area contributed by atoms with E-state index >= 15 is 0 Å². The maximum absolute atomic E-state index is 12.4. The first-order chi connectivity index (χ1) is 15.8. The first-order valence-electron chi connectivity index (χ1n) is 12.1. The molecule has 0 aliphatic carbocycles. The van der Waals surface area contributed by atoms with E-state index in [4.69, 9.17) is 14.2 Å². The maximum Gasteiger partial charge on any atom is 0.311 e. The lowest BCUT2D eigenvalue weighted by atomic mass is 10.1. The Bertz CT molecular complexity index is 858. The van der Waals surface area contributed by atoms with E-state index in [1.165, 1.54) is 0 Å². The quantitative estimate of drug-likeness (QED) is 0.166. The first kappa shape index (κ1) is 26.4. The third-order valence-corrected chi connectivity index (χ3v) is 5.17. The van der Waals surface area contributed by atoms with Crippen molar-refractivity contribution >= 4 is 11.9 Å². The zero-order valence-corrected chi connectivity index (χ0v) is 20.5. The lowest BCUT2D eigenvalue weighted by molar-refractivity contribution is -0.137. The van der Waals surface area contributed by atoms with Crippen molar-refractivity contribution in [3.8, 4) is 23.0 Å². The van der Waals surface area contributed by atoms with Gasteiger partial charge in [0.1, 0.15) is 11.5 Å². The number of unbranched alkanes of at least 4 members (excludes halogenated alkanes) is 2. The molecule has 33 heavy (non-hydrogen) atoms. The van der Waals surface area contributed by atoms with Crippen molar-refractivity contribution in [3.63, 3.8) is 0 Å². The van der Waals surface area contributed by atoms with Crippen LogP contribution in [0.25, 0.3) is 0 Å². The molecule has 0 amide bonds. The van der Waals surface area contributed by atoms with Gasteiger partial charge in [0.25, 0.3) is 0 Å². The standard InChI is InChI=1S/C28H38O5/c1-21(2)12-8-10-16-27(29)32-25-19-18-24(31-23-14-6-5-7-15-23)20-26(25)33-28(30)17-11-9-13-22(3)4/h5-7,14-15,18-22H,8-13,16-17H2,1-4H3. The Labute approximate surface area is 198 Å². The molecule has 0 unspecified atom stereocenters. The summed E-state index contributed by atoms with van der Waals surface area (Å²) in [5.41, 5.74) is 0. The van der Waals surface area contributed by atoms with Crippen molar-refractivity contribution in [3.05, 3.63) is 48.5 Å². The largest absolute Gasteiger partial charge is 0.457 e. The van der Waals surface area contributed by atoms with E-state index < -0.39 is 0 Å². The highest BCUT2D eigenvalue weighted by Crippen LogP contribution is 2.34. The average molecular weight is 455 g/mol. The minimum Gasteiger partial charge on any atom is -0.457 e. The smallest absolute Gasteiger partial charge is 0.311 e. The molecule has 0 fully saturated rings. The predicted molar refractivity (Wildman–Crippen MR) is 131 cm³/mol. The zero-order valence-electron chi connectivity index (χ0n) is 20.5. The average Bonchev–Trinajstić information content (AvgIpc) is 2.76. The summed E-state index contributed by atoms with van der Waals surface area (Å²) in [4.78, 5) is 24.8. The monoisotopic (exact) mass is 454 g/mol. The molecule has 0 aromatic heterocycles. The Kier molecular flexibility index (Phi) is 11.5. The molecule has 2 rings (SSSR count). The predicted octanol–water partition coefficient (Wildman–Crippen LogP) is 7.72. The van der Waals surface area contributed by atoms with Crippen LogP contribution in [0.5, 0.6) is 23.0 Å². The normalized spacial score (nSPS) is 11.0. The summed E-state index contributed by atoms with van der Waals surface area (Å²) in [7, 11) is 0. The van der Waals surface area contributed by atoms with Crippen LogP contribution in [0.1, 0.15) is 79.1 Å². The molecule has 0 saturated carbocycles. The fourth-order valence-electron chi connectivity index (χ4n) is 3.33. The van der Waals surface area contributed by atoms with Crippen LogP contribution < -0.4 is 14.2 Å². The molecule has 0 spiro atoms. The van der Waals surface area contributed by atoms with Gasteiger partial charge in [-0.1, -0.05) is 71.6 Å². The van der Waals surface area contributed by atoms with Crippen LogP contribution in [0, 0.1) is 11.8 Å². The van der Waals surface area contributed by atoms with E-state index in [-0.39, 0.29) is 23.4 Å². The van der Waals surface area contributed by atoms with Gasteiger partial charge < -0.3 is 14.2 Å². The van der Waals surface area contributed by atoms with E-state index in [1.807, 2.05) is 30.3 Å². The van der Waals surface area contributed by atoms with E-state index in [1.54, 1.807) is 18.2 Å². The van der Waals surface area contributed by atoms with E-state index in [0.29, 0.717) is 36.2 Å². The lowest BCUT2D eigenvalue weighted by Crippen LogP contribution is -2.12.